The normalized spacial score (nSPS) is 9.90. The van der Waals surface area contributed by atoms with Crippen LogP contribution in [0, 0.1) is 0 Å². The molecule has 0 radical (unpaired) electrons. The number of methoxy groups -OCH3 is 1. The largest absolute Gasteiger partial charge is 0.497 e. The summed E-state index contributed by atoms with van der Waals surface area (Å²) in [4.78, 5) is 23.7. The van der Waals surface area contributed by atoms with Gasteiger partial charge in [0.15, 0.2) is 0 Å². The lowest BCUT2D eigenvalue weighted by atomic mass is 10.1. The molecule has 0 aliphatic heterocycles. The Balaban J connectivity index is 2.07. The number of Topliss-reactive ketones (excluding diaryl/α,β-unsaturated/α-hetero) is 1. The van der Waals surface area contributed by atoms with E-state index in [9.17, 15) is 9.59 Å². The first-order valence-electron chi connectivity index (χ1n) is 5.85. The van der Waals surface area contributed by atoms with Gasteiger partial charge in [0, 0.05) is 16.3 Å². The van der Waals surface area contributed by atoms with Crippen molar-refractivity contribution in [2.45, 2.75) is 0 Å². The molecule has 0 spiro atoms. The van der Waals surface area contributed by atoms with E-state index in [2.05, 4.69) is 5.32 Å². The van der Waals surface area contributed by atoms with Crippen molar-refractivity contribution in [2.75, 3.05) is 12.4 Å². The second-order valence-electron chi connectivity index (χ2n) is 4.02. The number of amides is 1. The summed E-state index contributed by atoms with van der Waals surface area (Å²) in [6, 6.07) is 12.9. The van der Waals surface area contributed by atoms with Crippen LogP contribution in [0.1, 0.15) is 10.4 Å². The average molecular weight is 290 g/mol. The second kappa shape index (κ2) is 6.21. The zero-order valence-electron chi connectivity index (χ0n) is 10.7. The molecule has 0 saturated heterocycles. The number of nitrogens with one attached hydrogen (secondary N) is 1. The highest BCUT2D eigenvalue weighted by Crippen LogP contribution is 2.16. The lowest BCUT2D eigenvalue weighted by Gasteiger charge is -2.05. The molecular weight excluding hydrogens is 278 g/mol. The van der Waals surface area contributed by atoms with E-state index in [0.29, 0.717) is 22.0 Å². The number of hydrogen-bond acceptors (Lipinski definition) is 3. The molecule has 0 bridgehead atoms. The summed E-state index contributed by atoms with van der Waals surface area (Å²) in [6.45, 7) is 0. The van der Waals surface area contributed by atoms with Crippen molar-refractivity contribution in [1.82, 2.24) is 0 Å². The van der Waals surface area contributed by atoms with Crippen LogP contribution >= 0.6 is 11.6 Å². The Morgan fingerprint density at radius 3 is 2.15 bits per heavy atom. The second-order valence-corrected chi connectivity index (χ2v) is 4.46. The lowest BCUT2D eigenvalue weighted by molar-refractivity contribution is -0.112. The summed E-state index contributed by atoms with van der Waals surface area (Å²) in [7, 11) is 1.55. The molecule has 102 valence electrons. The monoisotopic (exact) mass is 289 g/mol. The average Bonchev–Trinajstić information content (AvgIpc) is 2.48. The molecule has 2 rings (SSSR count). The van der Waals surface area contributed by atoms with Gasteiger partial charge >= 0.3 is 0 Å². The molecule has 1 N–H and O–H groups in total. The zero-order chi connectivity index (χ0) is 14.5. The molecule has 0 fully saturated rings. The number of halogens is 1. The number of ketones is 1. The van der Waals surface area contributed by atoms with Crippen LogP contribution in [-0.4, -0.2) is 18.8 Å². The van der Waals surface area contributed by atoms with Gasteiger partial charge in [-0.05, 0) is 48.5 Å². The van der Waals surface area contributed by atoms with Gasteiger partial charge in [-0.1, -0.05) is 11.6 Å². The van der Waals surface area contributed by atoms with E-state index in [1.54, 1.807) is 43.5 Å². The Hall–Kier alpha value is -2.33. The quantitative estimate of drug-likeness (QED) is 0.695. The fraction of sp³-hybridized carbons (Fsp3) is 0.0667. The van der Waals surface area contributed by atoms with E-state index in [1.165, 1.54) is 12.1 Å². The van der Waals surface area contributed by atoms with E-state index in [-0.39, 0.29) is 0 Å². The van der Waals surface area contributed by atoms with Crippen molar-refractivity contribution in [2.24, 2.45) is 0 Å². The highest BCUT2D eigenvalue weighted by molar-refractivity contribution is 6.46. The molecule has 5 heteroatoms. The van der Waals surface area contributed by atoms with Crippen LogP contribution in [0.4, 0.5) is 5.69 Å². The topological polar surface area (TPSA) is 55.4 Å². The van der Waals surface area contributed by atoms with Crippen LogP contribution in [0.5, 0.6) is 5.75 Å². The highest BCUT2D eigenvalue weighted by atomic mass is 35.5. The Bertz CT molecular complexity index is 621. The number of rotatable bonds is 4. The maximum atomic E-state index is 11.9. The minimum absolute atomic E-state index is 0.292. The Morgan fingerprint density at radius 2 is 1.60 bits per heavy atom. The first-order valence-corrected chi connectivity index (χ1v) is 6.23. The van der Waals surface area contributed by atoms with Gasteiger partial charge in [-0.2, -0.15) is 0 Å². The van der Waals surface area contributed by atoms with Gasteiger partial charge in [0.2, 0.25) is 0 Å². The zero-order valence-corrected chi connectivity index (χ0v) is 11.5. The summed E-state index contributed by atoms with van der Waals surface area (Å²) in [5.74, 6) is -0.637. The maximum Gasteiger partial charge on any atom is 0.296 e. The third kappa shape index (κ3) is 3.36. The van der Waals surface area contributed by atoms with Crippen molar-refractivity contribution in [3.63, 3.8) is 0 Å². The van der Waals surface area contributed by atoms with Gasteiger partial charge in [-0.3, -0.25) is 9.59 Å². The number of ether oxygens (including phenoxy) is 1. The smallest absolute Gasteiger partial charge is 0.296 e. The fourth-order valence-electron chi connectivity index (χ4n) is 1.59. The number of anilines is 1. The van der Waals surface area contributed by atoms with Gasteiger partial charge < -0.3 is 10.1 Å². The van der Waals surface area contributed by atoms with Gasteiger partial charge in [0.05, 0.1) is 7.11 Å². The molecule has 0 aliphatic rings. The van der Waals surface area contributed by atoms with Crippen molar-refractivity contribution in [1.29, 1.82) is 0 Å². The number of benzene rings is 2. The van der Waals surface area contributed by atoms with Crippen LogP contribution in [0.2, 0.25) is 5.02 Å². The SMILES string of the molecule is COc1ccc(NC(=O)C(=O)c2ccc(Cl)cc2)cc1. The van der Waals surface area contributed by atoms with Gasteiger partial charge in [-0.15, -0.1) is 0 Å². The molecule has 2 aromatic carbocycles. The molecule has 2 aromatic rings. The molecule has 0 saturated carbocycles. The summed E-state index contributed by atoms with van der Waals surface area (Å²) >= 11 is 5.73. The standard InChI is InChI=1S/C15H12ClNO3/c1-20-13-8-6-12(7-9-13)17-15(19)14(18)10-2-4-11(16)5-3-10/h2-9H,1H3,(H,17,19). The molecular formula is C15H12ClNO3. The Kier molecular flexibility index (Phi) is 4.38. The maximum absolute atomic E-state index is 11.9. The van der Waals surface area contributed by atoms with Crippen LogP contribution in [-0.2, 0) is 4.79 Å². The van der Waals surface area contributed by atoms with Gasteiger partial charge in [0.25, 0.3) is 11.7 Å². The molecule has 0 aromatic heterocycles. The summed E-state index contributed by atoms with van der Waals surface area (Å²) in [5, 5.41) is 3.04. The minimum Gasteiger partial charge on any atom is -0.497 e. The lowest BCUT2D eigenvalue weighted by Crippen LogP contribution is -2.22. The van der Waals surface area contributed by atoms with E-state index in [0.717, 1.165) is 0 Å². The molecule has 0 heterocycles. The van der Waals surface area contributed by atoms with Crippen LogP contribution in [0.25, 0.3) is 0 Å². The van der Waals surface area contributed by atoms with Crippen LogP contribution in [0.3, 0.4) is 0 Å². The van der Waals surface area contributed by atoms with Crippen molar-refractivity contribution in [3.05, 3.63) is 59.1 Å². The van der Waals surface area contributed by atoms with E-state index in [1.807, 2.05) is 0 Å². The molecule has 0 aliphatic carbocycles. The van der Waals surface area contributed by atoms with Gasteiger partial charge in [0.1, 0.15) is 5.75 Å². The molecule has 0 unspecified atom stereocenters. The summed E-state index contributed by atoms with van der Waals surface area (Å²) < 4.78 is 5.01. The molecule has 1 amide bonds. The number of hydrogen-bond donors (Lipinski definition) is 1. The number of carbonyl (C=O) groups is 2. The highest BCUT2D eigenvalue weighted by Gasteiger charge is 2.16. The third-order valence-corrected chi connectivity index (χ3v) is 2.91. The molecule has 0 atom stereocenters. The Labute approximate surface area is 121 Å². The predicted octanol–water partition coefficient (Wildman–Crippen LogP) is 3.17. The number of carbonyl (C=O) groups excluding carboxylic acids is 2. The van der Waals surface area contributed by atoms with Crippen molar-refractivity contribution in [3.8, 4) is 5.75 Å². The van der Waals surface area contributed by atoms with Crippen molar-refractivity contribution >= 4 is 29.0 Å². The fourth-order valence-corrected chi connectivity index (χ4v) is 1.72. The van der Waals surface area contributed by atoms with Gasteiger partial charge in [-0.25, -0.2) is 0 Å². The summed E-state index contributed by atoms with van der Waals surface area (Å²) in [5.41, 5.74) is 0.818. The van der Waals surface area contributed by atoms with Crippen molar-refractivity contribution < 1.29 is 14.3 Å². The van der Waals surface area contributed by atoms with E-state index < -0.39 is 11.7 Å². The van der Waals surface area contributed by atoms with Crippen LogP contribution < -0.4 is 10.1 Å². The first-order chi connectivity index (χ1) is 9.60. The van der Waals surface area contributed by atoms with Crippen LogP contribution in [0.15, 0.2) is 48.5 Å². The molecule has 4 nitrogen and oxygen atoms in total. The third-order valence-electron chi connectivity index (χ3n) is 2.66. The molecule has 20 heavy (non-hydrogen) atoms. The minimum atomic E-state index is -0.697. The summed E-state index contributed by atoms with van der Waals surface area (Å²) in [6.07, 6.45) is 0. The van der Waals surface area contributed by atoms with E-state index >= 15 is 0 Å². The predicted molar refractivity (Wildman–Crippen MR) is 77.4 cm³/mol. The van der Waals surface area contributed by atoms with E-state index in [4.69, 9.17) is 16.3 Å². The Morgan fingerprint density at radius 1 is 1.00 bits per heavy atom. The first kappa shape index (κ1) is 14.1.